The molecule has 1 N–H and O–H groups in total. The molecule has 1 saturated heterocycles. The second-order valence-corrected chi connectivity index (χ2v) is 8.45. The Hall–Kier alpha value is -1.51. The van der Waals surface area contributed by atoms with Crippen LogP contribution >= 0.6 is 23.6 Å². The highest BCUT2D eigenvalue weighted by molar-refractivity contribution is 7.71. The molecule has 2 atom stereocenters. The van der Waals surface area contributed by atoms with Gasteiger partial charge in [0.2, 0.25) is 4.77 Å². The summed E-state index contributed by atoms with van der Waals surface area (Å²) in [6.45, 7) is 4.87. The van der Waals surface area contributed by atoms with Gasteiger partial charge in [0, 0.05) is 6.04 Å². The fraction of sp³-hybridized carbons (Fsp3) is 0.611. The van der Waals surface area contributed by atoms with E-state index in [0.29, 0.717) is 19.3 Å². The molecule has 26 heavy (non-hydrogen) atoms. The summed E-state index contributed by atoms with van der Waals surface area (Å²) in [5.41, 5.74) is 0. The zero-order valence-electron chi connectivity index (χ0n) is 15.0. The van der Waals surface area contributed by atoms with Crippen LogP contribution in [0.2, 0.25) is 0 Å². The fourth-order valence-corrected chi connectivity index (χ4v) is 4.77. The minimum absolute atomic E-state index is 0.00449. The van der Waals surface area contributed by atoms with Gasteiger partial charge in [0.1, 0.15) is 5.92 Å². The standard InChI is InChI=1S/C18H24N4O2S2/c1-2-24-17(23)13-5-3-9-20(11-13)12-21-18(25)22(14-7-8-14)16(19-21)15-6-4-10-26-15/h4,6,10,13-14H,2-3,5,7-9,11-12H2,1H3/p+1/t13-/m0/s1. The van der Waals surface area contributed by atoms with Crippen molar-refractivity contribution in [2.24, 2.45) is 5.92 Å². The molecule has 2 fully saturated rings. The van der Waals surface area contributed by atoms with Crippen LogP contribution in [0.3, 0.4) is 0 Å². The number of aromatic nitrogens is 3. The number of carbonyl (C=O) groups excluding carboxylic acids is 1. The molecule has 0 bridgehead atoms. The summed E-state index contributed by atoms with van der Waals surface area (Å²) in [5, 5.41) is 6.94. The van der Waals surface area contributed by atoms with Gasteiger partial charge in [-0.25, -0.2) is 0 Å². The Morgan fingerprint density at radius 2 is 2.31 bits per heavy atom. The Morgan fingerprint density at radius 1 is 1.46 bits per heavy atom. The van der Waals surface area contributed by atoms with Crippen molar-refractivity contribution in [3.05, 3.63) is 22.3 Å². The van der Waals surface area contributed by atoms with Crippen LogP contribution < -0.4 is 4.90 Å². The predicted molar refractivity (Wildman–Crippen MR) is 103 cm³/mol. The van der Waals surface area contributed by atoms with E-state index in [4.69, 9.17) is 22.1 Å². The highest BCUT2D eigenvalue weighted by Crippen LogP contribution is 2.39. The number of esters is 1. The van der Waals surface area contributed by atoms with Crippen LogP contribution in [0.25, 0.3) is 10.7 Å². The number of hydrogen-bond acceptors (Lipinski definition) is 5. The quantitative estimate of drug-likeness (QED) is 0.604. The lowest BCUT2D eigenvalue weighted by atomic mass is 9.99. The van der Waals surface area contributed by atoms with E-state index in [1.165, 1.54) is 22.6 Å². The van der Waals surface area contributed by atoms with Crippen molar-refractivity contribution in [1.29, 1.82) is 0 Å². The molecule has 0 aromatic carbocycles. The Kier molecular flexibility index (Phi) is 5.24. The Balaban J connectivity index is 1.54. The Morgan fingerprint density at radius 3 is 3.00 bits per heavy atom. The van der Waals surface area contributed by atoms with E-state index in [1.807, 2.05) is 11.6 Å². The predicted octanol–water partition coefficient (Wildman–Crippen LogP) is 2.29. The largest absolute Gasteiger partial charge is 0.466 e. The minimum Gasteiger partial charge on any atom is -0.466 e. The van der Waals surface area contributed by atoms with E-state index in [0.717, 1.165) is 36.5 Å². The normalized spacial score (nSPS) is 23.1. The third-order valence-corrected chi connectivity index (χ3v) is 6.41. The Bertz CT molecular complexity index is 823. The number of thiophene rings is 1. The van der Waals surface area contributed by atoms with Gasteiger partial charge in [-0.05, 0) is 56.3 Å². The lowest BCUT2D eigenvalue weighted by Crippen LogP contribution is -3.13. The second kappa shape index (κ2) is 7.62. The molecule has 8 heteroatoms. The monoisotopic (exact) mass is 393 g/mol. The van der Waals surface area contributed by atoms with Crippen molar-refractivity contribution in [2.75, 3.05) is 19.7 Å². The number of nitrogens with one attached hydrogen (secondary N) is 1. The molecule has 2 aromatic rings. The summed E-state index contributed by atoms with van der Waals surface area (Å²) in [7, 11) is 0. The van der Waals surface area contributed by atoms with Crippen LogP contribution in [0.15, 0.2) is 17.5 Å². The van der Waals surface area contributed by atoms with Crippen molar-refractivity contribution in [3.63, 3.8) is 0 Å². The van der Waals surface area contributed by atoms with Gasteiger partial charge >= 0.3 is 5.97 Å². The van der Waals surface area contributed by atoms with E-state index in [-0.39, 0.29) is 11.9 Å². The third kappa shape index (κ3) is 3.63. The molecule has 0 radical (unpaired) electrons. The van der Waals surface area contributed by atoms with E-state index in [1.54, 1.807) is 11.3 Å². The molecule has 1 saturated carbocycles. The molecule has 3 heterocycles. The number of nitrogens with zero attached hydrogens (tertiary/aromatic N) is 3. The van der Waals surface area contributed by atoms with Crippen molar-refractivity contribution in [3.8, 4) is 10.7 Å². The minimum atomic E-state index is -0.0592. The van der Waals surface area contributed by atoms with Gasteiger partial charge in [-0.2, -0.15) is 4.68 Å². The molecule has 4 rings (SSSR count). The number of likely N-dealkylation sites (tertiary alicyclic amines) is 1. The highest BCUT2D eigenvalue weighted by atomic mass is 32.1. The molecule has 140 valence electrons. The smallest absolute Gasteiger partial charge is 0.314 e. The van der Waals surface area contributed by atoms with Crippen LogP contribution in [0.5, 0.6) is 0 Å². The maximum absolute atomic E-state index is 12.1. The number of quaternary nitrogens is 1. The number of rotatable bonds is 6. The van der Waals surface area contributed by atoms with Crippen LogP contribution in [0, 0.1) is 10.7 Å². The molecule has 0 spiro atoms. The lowest BCUT2D eigenvalue weighted by Gasteiger charge is -2.28. The maximum atomic E-state index is 12.1. The highest BCUT2D eigenvalue weighted by Gasteiger charge is 2.32. The number of hydrogen-bond donors (Lipinski definition) is 1. The Labute approximate surface area is 162 Å². The molecule has 2 aliphatic rings. The molecule has 1 aliphatic carbocycles. The summed E-state index contributed by atoms with van der Waals surface area (Å²) >= 11 is 7.46. The first-order valence-electron chi connectivity index (χ1n) is 9.40. The summed E-state index contributed by atoms with van der Waals surface area (Å²) in [6.07, 6.45) is 4.32. The lowest BCUT2D eigenvalue weighted by molar-refractivity contribution is -0.930. The van der Waals surface area contributed by atoms with Gasteiger partial charge in [-0.15, -0.1) is 16.4 Å². The van der Waals surface area contributed by atoms with Gasteiger partial charge in [0.05, 0.1) is 24.6 Å². The van der Waals surface area contributed by atoms with Crippen molar-refractivity contribution >= 4 is 29.5 Å². The average molecular weight is 394 g/mol. The average Bonchev–Trinajstić information content (AvgIpc) is 3.22. The molecular weight excluding hydrogens is 368 g/mol. The van der Waals surface area contributed by atoms with E-state index in [9.17, 15) is 4.79 Å². The first-order valence-corrected chi connectivity index (χ1v) is 10.7. The summed E-state index contributed by atoms with van der Waals surface area (Å²) in [5.74, 6) is 0.928. The molecule has 1 aliphatic heterocycles. The SMILES string of the molecule is CCOC(=O)[C@H]1CCC[NH+](Cn2nc(-c3cccs3)n(C3CC3)c2=S)C1. The number of piperidine rings is 1. The molecular formula is C18H25N4O2S2+. The molecule has 1 unspecified atom stereocenters. The van der Waals surface area contributed by atoms with Gasteiger partial charge in [-0.3, -0.25) is 9.36 Å². The topological polar surface area (TPSA) is 53.5 Å². The van der Waals surface area contributed by atoms with Crippen molar-refractivity contribution in [2.45, 2.75) is 45.3 Å². The molecule has 6 nitrogen and oxygen atoms in total. The van der Waals surface area contributed by atoms with Gasteiger partial charge in [-0.1, -0.05) is 6.07 Å². The number of carbonyl (C=O) groups is 1. The van der Waals surface area contributed by atoms with Gasteiger partial charge in [0.25, 0.3) is 0 Å². The van der Waals surface area contributed by atoms with Gasteiger partial charge in [0.15, 0.2) is 12.5 Å². The first kappa shape index (κ1) is 17.9. The molecule has 0 amide bonds. The van der Waals surface area contributed by atoms with E-state index in [2.05, 4.69) is 22.1 Å². The zero-order valence-corrected chi connectivity index (χ0v) is 16.7. The third-order valence-electron chi connectivity index (χ3n) is 5.14. The van der Waals surface area contributed by atoms with Crippen LogP contribution in [0.4, 0.5) is 0 Å². The zero-order chi connectivity index (χ0) is 18.1. The molecule has 2 aromatic heterocycles. The summed E-state index contributed by atoms with van der Waals surface area (Å²) in [6, 6.07) is 4.66. The summed E-state index contributed by atoms with van der Waals surface area (Å²) in [4.78, 5) is 14.6. The number of ether oxygens (including phenoxy) is 1. The maximum Gasteiger partial charge on any atom is 0.314 e. The van der Waals surface area contributed by atoms with Crippen molar-refractivity contribution in [1.82, 2.24) is 14.3 Å². The van der Waals surface area contributed by atoms with Crippen LogP contribution in [0.1, 0.15) is 38.6 Å². The van der Waals surface area contributed by atoms with Crippen LogP contribution in [-0.2, 0) is 16.2 Å². The van der Waals surface area contributed by atoms with Crippen molar-refractivity contribution < 1.29 is 14.4 Å². The second-order valence-electron chi connectivity index (χ2n) is 7.14. The van der Waals surface area contributed by atoms with E-state index >= 15 is 0 Å². The summed E-state index contributed by atoms with van der Waals surface area (Å²) < 4.78 is 10.2. The van der Waals surface area contributed by atoms with Gasteiger partial charge < -0.3 is 9.64 Å². The van der Waals surface area contributed by atoms with Crippen LogP contribution in [-0.4, -0.2) is 40.0 Å². The first-order chi connectivity index (χ1) is 12.7. The fourth-order valence-electron chi connectivity index (χ4n) is 3.73. The van der Waals surface area contributed by atoms with E-state index < -0.39 is 0 Å².